The minimum Gasteiger partial charge on any atom is -0.454 e. The van der Waals surface area contributed by atoms with Crippen molar-refractivity contribution in [3.05, 3.63) is 39.7 Å². The van der Waals surface area contributed by atoms with Gasteiger partial charge in [-0.15, -0.1) is 11.8 Å². The lowest BCUT2D eigenvalue weighted by molar-refractivity contribution is -0.201. The highest BCUT2D eigenvalue weighted by Crippen LogP contribution is 2.67. The zero-order valence-corrected chi connectivity index (χ0v) is 26.7. The third-order valence-corrected chi connectivity index (χ3v) is 13.6. The number of benzene rings is 1. The van der Waals surface area contributed by atoms with E-state index >= 15 is 0 Å². The average molecular weight is 625 g/mol. The molecule has 6 atom stereocenters. The molecular weight excluding hydrogens is 588 g/mol. The molecule has 2 aliphatic carbocycles. The molecule has 11 heteroatoms. The highest BCUT2D eigenvalue weighted by molar-refractivity contribution is 7.99. The molecule has 2 saturated carbocycles. The van der Waals surface area contributed by atoms with Gasteiger partial charge < -0.3 is 23.4 Å². The largest absolute Gasteiger partial charge is 0.454 e. The first kappa shape index (κ1) is 29.4. The Morgan fingerprint density at radius 2 is 1.36 bits per heavy atom. The van der Waals surface area contributed by atoms with Gasteiger partial charge in [0.15, 0.2) is 12.2 Å². The second kappa shape index (κ2) is 8.68. The smallest absolute Gasteiger partial charge is 0.351 e. The summed E-state index contributed by atoms with van der Waals surface area (Å²) in [6.07, 6.45) is -0.688. The van der Waals surface area contributed by atoms with E-state index in [4.69, 9.17) is 23.4 Å². The second-order valence-electron chi connectivity index (χ2n) is 14.5. The molecule has 1 aromatic carbocycles. The molecule has 2 aromatic rings. The first-order chi connectivity index (χ1) is 20.5. The van der Waals surface area contributed by atoms with E-state index in [-0.39, 0.29) is 17.8 Å². The molecule has 7 rings (SSSR count). The van der Waals surface area contributed by atoms with E-state index < -0.39 is 74.6 Å². The molecule has 0 radical (unpaired) electrons. The van der Waals surface area contributed by atoms with Crippen molar-refractivity contribution in [3.8, 4) is 0 Å². The van der Waals surface area contributed by atoms with Crippen LogP contribution in [0.4, 0.5) is 0 Å². The van der Waals surface area contributed by atoms with Crippen LogP contribution in [0.25, 0.3) is 11.0 Å². The van der Waals surface area contributed by atoms with Gasteiger partial charge in [-0.2, -0.15) is 0 Å². The Labute approximate surface area is 258 Å². The Balaban J connectivity index is 1.32. The highest BCUT2D eigenvalue weighted by atomic mass is 32.2. The van der Waals surface area contributed by atoms with Crippen LogP contribution in [0.3, 0.4) is 0 Å². The maximum Gasteiger partial charge on any atom is 0.351 e. The van der Waals surface area contributed by atoms with Gasteiger partial charge in [-0.1, -0.05) is 27.7 Å². The highest BCUT2D eigenvalue weighted by Gasteiger charge is 2.78. The third kappa shape index (κ3) is 3.21. The molecule has 5 aliphatic rings. The summed E-state index contributed by atoms with van der Waals surface area (Å²) in [5, 5.41) is 0.646. The van der Waals surface area contributed by atoms with Gasteiger partial charge in [0.05, 0.1) is 16.4 Å². The summed E-state index contributed by atoms with van der Waals surface area (Å²) in [5.74, 6) is -2.12. The number of fused-ring (bicyclic) bond motifs is 7. The van der Waals surface area contributed by atoms with Crippen molar-refractivity contribution in [2.75, 3.05) is 5.75 Å². The minimum atomic E-state index is -1.53. The molecule has 0 amide bonds. The molecule has 234 valence electrons. The summed E-state index contributed by atoms with van der Waals surface area (Å²) < 4.78 is 29.8. The summed E-state index contributed by atoms with van der Waals surface area (Å²) >= 11 is 1.38. The van der Waals surface area contributed by atoms with Crippen molar-refractivity contribution in [1.82, 2.24) is 0 Å². The zero-order valence-electron chi connectivity index (χ0n) is 25.9. The number of carbonyl (C=O) groups excluding carboxylic acids is 4. The van der Waals surface area contributed by atoms with Gasteiger partial charge in [0.2, 0.25) is 11.2 Å². The lowest BCUT2D eigenvalue weighted by Crippen LogP contribution is -2.52. The van der Waals surface area contributed by atoms with Gasteiger partial charge in [-0.3, -0.25) is 9.59 Å². The Hall–Kier alpha value is -3.34. The van der Waals surface area contributed by atoms with Gasteiger partial charge in [-0.25, -0.2) is 14.4 Å². The SMILES string of the molecule is Cc1cc(=O)oc2c3c(ccc12)SC[C@H](OC(=O)[C@]12CC[C@](C)(C(=O)O1)C2(C)C)[C@@H]3OC(=O)[C@]12CC[C@](C)(C(=O)O1)C2(C)C. The molecule has 3 aliphatic heterocycles. The van der Waals surface area contributed by atoms with E-state index in [0.29, 0.717) is 40.7 Å². The topological polar surface area (TPSA) is 135 Å². The number of rotatable bonds is 4. The van der Waals surface area contributed by atoms with Crippen LogP contribution in [0.2, 0.25) is 0 Å². The van der Waals surface area contributed by atoms with Crippen LogP contribution in [0.5, 0.6) is 0 Å². The fourth-order valence-electron chi connectivity index (χ4n) is 8.31. The molecule has 0 spiro atoms. The number of hydrogen-bond acceptors (Lipinski definition) is 11. The number of hydrogen-bond donors (Lipinski definition) is 0. The predicted molar refractivity (Wildman–Crippen MR) is 157 cm³/mol. The molecule has 10 nitrogen and oxygen atoms in total. The maximum atomic E-state index is 14.3. The van der Waals surface area contributed by atoms with Gasteiger partial charge in [0.1, 0.15) is 5.58 Å². The lowest BCUT2D eigenvalue weighted by atomic mass is 9.66. The van der Waals surface area contributed by atoms with Crippen LogP contribution in [-0.4, -0.2) is 46.9 Å². The van der Waals surface area contributed by atoms with Crippen LogP contribution in [0, 0.1) is 28.6 Å². The molecule has 4 bridgehead atoms. The van der Waals surface area contributed by atoms with Crippen molar-refractivity contribution in [3.63, 3.8) is 0 Å². The standard InChI is InChI=1S/C33H36O10S/c1-16-14-20(34)40-22-17(16)8-9-19-21(22)23(41-27(38)33-13-11-31(7,25(36)43-33)29(33,4)5)18(15-44-19)39-26(37)32-12-10-30(6,24(35)42-32)28(32,2)3/h8-9,14,18,23H,10-13,15H2,1-7H3/t18-,23-,30+,31+,32-,33-/m0/s1. The van der Waals surface area contributed by atoms with E-state index in [9.17, 15) is 24.0 Å². The van der Waals surface area contributed by atoms with Crippen molar-refractivity contribution in [2.24, 2.45) is 21.7 Å². The second-order valence-corrected chi connectivity index (χ2v) is 15.6. The van der Waals surface area contributed by atoms with E-state index in [0.717, 1.165) is 0 Å². The van der Waals surface area contributed by atoms with Crippen molar-refractivity contribution >= 4 is 46.6 Å². The van der Waals surface area contributed by atoms with Crippen LogP contribution in [0.1, 0.15) is 84.5 Å². The number of thioether (sulfide) groups is 1. The van der Waals surface area contributed by atoms with E-state index in [1.54, 1.807) is 13.8 Å². The number of aryl methyl sites for hydroxylation is 1. The Morgan fingerprint density at radius 1 is 0.818 bits per heavy atom. The van der Waals surface area contributed by atoms with Gasteiger partial charge in [-0.05, 0) is 64.2 Å². The summed E-state index contributed by atoms with van der Waals surface area (Å²) in [6.45, 7) is 12.7. The normalized spacial score (nSPS) is 37.4. The van der Waals surface area contributed by atoms with E-state index in [2.05, 4.69) is 0 Å². The number of carbonyl (C=O) groups is 4. The number of esters is 4. The summed E-state index contributed by atoms with van der Waals surface area (Å²) in [5.41, 5.74) is -5.70. The Kier molecular flexibility index (Phi) is 5.79. The lowest BCUT2D eigenvalue weighted by Gasteiger charge is -2.40. The molecule has 4 fully saturated rings. The van der Waals surface area contributed by atoms with Gasteiger partial charge in [0.25, 0.3) is 0 Å². The predicted octanol–water partition coefficient (Wildman–Crippen LogP) is 4.95. The average Bonchev–Trinajstić information content (AvgIpc) is 3.41. The summed E-state index contributed by atoms with van der Waals surface area (Å²) in [6, 6.07) is 5.09. The molecule has 2 saturated heterocycles. The fraction of sp³-hybridized carbons (Fsp3) is 0.606. The van der Waals surface area contributed by atoms with Crippen LogP contribution in [0.15, 0.2) is 32.3 Å². The zero-order chi connectivity index (χ0) is 31.8. The van der Waals surface area contributed by atoms with Crippen molar-refractivity contribution in [1.29, 1.82) is 0 Å². The minimum absolute atomic E-state index is 0.216. The van der Waals surface area contributed by atoms with Gasteiger partial charge >= 0.3 is 29.5 Å². The van der Waals surface area contributed by atoms with Crippen molar-refractivity contribution in [2.45, 2.75) is 102 Å². The monoisotopic (exact) mass is 624 g/mol. The van der Waals surface area contributed by atoms with Crippen molar-refractivity contribution < 1.29 is 42.5 Å². The van der Waals surface area contributed by atoms with Crippen LogP contribution < -0.4 is 5.63 Å². The molecule has 1 aromatic heterocycles. The molecule has 0 N–H and O–H groups in total. The van der Waals surface area contributed by atoms with E-state index in [1.165, 1.54) is 17.8 Å². The van der Waals surface area contributed by atoms with Crippen LogP contribution in [-0.2, 0) is 38.1 Å². The Bertz CT molecular complexity index is 1760. The molecule has 4 heterocycles. The fourth-order valence-corrected chi connectivity index (χ4v) is 9.42. The van der Waals surface area contributed by atoms with E-state index in [1.807, 2.05) is 46.8 Å². The Morgan fingerprint density at radius 3 is 1.86 bits per heavy atom. The maximum absolute atomic E-state index is 14.3. The number of ether oxygens (including phenoxy) is 4. The third-order valence-electron chi connectivity index (χ3n) is 12.5. The molecule has 44 heavy (non-hydrogen) atoms. The molecular formula is C33H36O10S. The van der Waals surface area contributed by atoms with Gasteiger partial charge in [0, 0.05) is 32.9 Å². The summed E-state index contributed by atoms with van der Waals surface area (Å²) in [4.78, 5) is 67.5. The first-order valence-corrected chi connectivity index (χ1v) is 16.0. The first-order valence-electron chi connectivity index (χ1n) is 15.1. The summed E-state index contributed by atoms with van der Waals surface area (Å²) in [7, 11) is 0. The molecule has 0 unspecified atom stereocenters. The van der Waals surface area contributed by atoms with Crippen LogP contribution >= 0.6 is 11.8 Å². The quantitative estimate of drug-likeness (QED) is 0.260.